The van der Waals surface area contributed by atoms with E-state index in [0.717, 1.165) is 106 Å². The summed E-state index contributed by atoms with van der Waals surface area (Å²) in [7, 11) is 0. The van der Waals surface area contributed by atoms with E-state index in [4.69, 9.17) is 4.42 Å². The Kier molecular flexibility index (Phi) is 15.9. The monoisotopic (exact) mass is 1390 g/mol. The predicted molar refractivity (Wildman–Crippen MR) is 458 cm³/mol. The van der Waals surface area contributed by atoms with Gasteiger partial charge in [-0.3, -0.25) is 0 Å². The van der Waals surface area contributed by atoms with Gasteiger partial charge in [-0.25, -0.2) is 0 Å². The molecule has 1 aliphatic carbocycles. The maximum absolute atomic E-state index is 6.20. The second-order valence-electron chi connectivity index (χ2n) is 29.2. The highest BCUT2D eigenvalue weighted by Crippen LogP contribution is 2.52. The molecule has 0 N–H and O–H groups in total. The van der Waals surface area contributed by atoms with Gasteiger partial charge in [0.1, 0.15) is 11.2 Å². The van der Waals surface area contributed by atoms with Crippen molar-refractivity contribution in [2.45, 2.75) is 19.3 Å². The van der Waals surface area contributed by atoms with Crippen LogP contribution in [0.5, 0.6) is 0 Å². The first-order valence-corrected chi connectivity index (χ1v) is 37.6. The number of rotatable bonds is 15. The zero-order valence-corrected chi connectivity index (χ0v) is 60.4. The summed E-state index contributed by atoms with van der Waals surface area (Å²) in [5.41, 5.74) is 35.6. The predicted octanol–water partition coefficient (Wildman–Crippen LogP) is 29.3. The van der Waals surface area contributed by atoms with Gasteiger partial charge in [0.15, 0.2) is 0 Å². The molecule has 2 heterocycles. The fourth-order valence-electron chi connectivity index (χ4n) is 16.7. The van der Waals surface area contributed by atoms with Crippen molar-refractivity contribution in [1.29, 1.82) is 0 Å². The molecule has 0 atom stereocenters. The van der Waals surface area contributed by atoms with Gasteiger partial charge in [-0.15, -0.1) is 0 Å². The topological polar surface area (TPSA) is 24.6 Å². The Morgan fingerprint density at radius 2 is 0.505 bits per heavy atom. The number of benzene rings is 17. The van der Waals surface area contributed by atoms with Gasteiger partial charge < -0.3 is 18.8 Å². The quantitative estimate of drug-likeness (QED) is 0.102. The zero-order chi connectivity index (χ0) is 72.5. The summed E-state index contributed by atoms with van der Waals surface area (Å²) in [6, 6.07) is 149. The molecular formula is C105H73N3O. The highest BCUT2D eigenvalue weighted by Gasteiger charge is 2.37. The van der Waals surface area contributed by atoms with Gasteiger partial charge in [0.25, 0.3) is 0 Å². The van der Waals surface area contributed by atoms with Crippen LogP contribution in [0.1, 0.15) is 25.0 Å². The third kappa shape index (κ3) is 11.8. The SMILES string of the molecule is CC1(C)c2cc(N(c3ccc(-c4ccc(-c5ccccc5)cc4)cc3)c3ccc(-c4cccc(-c5ccc(-c6ccc(N(c7ccc(-c8ccc(-c9ccccc9)cc8)cc7)c7ccc(-c8ccc9oc%10ccccc%10c9c8)cc7)cc6)cc5)c4)cc3)ccc2-c2ccc(-n3c4ccccc4c4ccccc43)cc21. The Bertz CT molecular complexity index is 6540. The minimum atomic E-state index is -0.278. The van der Waals surface area contributed by atoms with Crippen molar-refractivity contribution in [3.63, 3.8) is 0 Å². The van der Waals surface area contributed by atoms with Crippen molar-refractivity contribution in [2.75, 3.05) is 9.80 Å². The molecule has 0 bridgehead atoms. The van der Waals surface area contributed by atoms with E-state index in [-0.39, 0.29) is 5.41 Å². The first-order chi connectivity index (χ1) is 53.7. The van der Waals surface area contributed by atoms with Crippen LogP contribution in [-0.2, 0) is 5.41 Å². The highest BCUT2D eigenvalue weighted by molar-refractivity contribution is 6.10. The molecule has 0 spiro atoms. The summed E-state index contributed by atoms with van der Waals surface area (Å²) in [5.74, 6) is 0. The second-order valence-corrected chi connectivity index (χ2v) is 29.2. The Morgan fingerprint density at radius 1 is 0.211 bits per heavy atom. The molecule has 17 aromatic carbocycles. The number of furan rings is 1. The van der Waals surface area contributed by atoms with Crippen LogP contribution in [0.25, 0.3) is 150 Å². The summed E-state index contributed by atoms with van der Waals surface area (Å²) >= 11 is 0. The number of nitrogens with zero attached hydrogens (tertiary/aromatic N) is 3. The van der Waals surface area contributed by atoms with E-state index in [0.29, 0.717) is 0 Å². The number of para-hydroxylation sites is 3. The van der Waals surface area contributed by atoms with Gasteiger partial charge in [-0.05, 0) is 233 Å². The molecule has 0 saturated carbocycles. The second kappa shape index (κ2) is 26.8. The van der Waals surface area contributed by atoms with Crippen molar-refractivity contribution >= 4 is 77.9 Å². The van der Waals surface area contributed by atoms with Crippen molar-refractivity contribution in [3.8, 4) is 106 Å². The Balaban J connectivity index is 0.583. The van der Waals surface area contributed by atoms with Crippen LogP contribution < -0.4 is 9.80 Å². The molecule has 109 heavy (non-hydrogen) atoms. The van der Waals surface area contributed by atoms with Crippen molar-refractivity contribution in [1.82, 2.24) is 4.57 Å². The largest absolute Gasteiger partial charge is 0.456 e. The summed E-state index contributed by atoms with van der Waals surface area (Å²) < 4.78 is 8.63. The number of anilines is 6. The number of aromatic nitrogens is 1. The highest BCUT2D eigenvalue weighted by atomic mass is 16.3. The third-order valence-corrected chi connectivity index (χ3v) is 22.5. The van der Waals surface area contributed by atoms with Crippen molar-refractivity contribution in [3.05, 3.63) is 418 Å². The molecule has 1 aliphatic rings. The molecule has 19 aromatic rings. The third-order valence-electron chi connectivity index (χ3n) is 22.5. The van der Waals surface area contributed by atoms with Crippen LogP contribution in [0.3, 0.4) is 0 Å². The molecule has 0 saturated heterocycles. The molecule has 514 valence electrons. The average molecular weight is 1390 g/mol. The van der Waals surface area contributed by atoms with E-state index in [1.165, 1.54) is 88.7 Å². The fourth-order valence-corrected chi connectivity index (χ4v) is 16.7. The molecule has 0 unspecified atom stereocenters. The molecule has 0 amide bonds. The van der Waals surface area contributed by atoms with Crippen molar-refractivity contribution < 1.29 is 4.42 Å². The van der Waals surface area contributed by atoms with Crippen LogP contribution >= 0.6 is 0 Å². The van der Waals surface area contributed by atoms with Crippen LogP contribution in [0, 0.1) is 0 Å². The zero-order valence-electron chi connectivity index (χ0n) is 60.4. The molecule has 4 nitrogen and oxygen atoms in total. The first-order valence-electron chi connectivity index (χ1n) is 37.6. The van der Waals surface area contributed by atoms with E-state index in [2.05, 4.69) is 423 Å². The standard InChI is InChI=1S/C105H73N3O/c1-105(2)99-68-91(61-63-93(99)94-64-62-92(69-100(94)105)108-101-25-12-9-22-95(101)96-23-10-13-26-102(96)108)107(89-55-44-79(45-56-89)75-34-30-73(31-35-75)71-18-7-4-8-19-71)90-59-46-81(47-60-90)84-21-15-20-83(66-84)80-38-36-76(37-39-80)78-42-53-87(54-43-78)106(86-51-40-77(41-52-86)74-32-28-72(29-33-74)70-16-5-3-6-17-70)88-57-48-82(49-58-88)85-50-65-104-98(67-85)97-24-11-14-27-103(97)109-104/h3-69H,1-2H3. The molecule has 4 heteroatoms. The van der Waals surface area contributed by atoms with Gasteiger partial charge in [-0.1, -0.05) is 299 Å². The molecule has 0 aliphatic heterocycles. The summed E-state index contributed by atoms with van der Waals surface area (Å²) in [6.45, 7) is 4.79. The van der Waals surface area contributed by atoms with Crippen molar-refractivity contribution in [2.24, 2.45) is 0 Å². The molecule has 20 rings (SSSR count). The molecular weight excluding hydrogens is 1320 g/mol. The van der Waals surface area contributed by atoms with Gasteiger partial charge in [-0.2, -0.15) is 0 Å². The Labute approximate surface area is 635 Å². The van der Waals surface area contributed by atoms with E-state index >= 15 is 0 Å². The van der Waals surface area contributed by atoms with Crippen LogP contribution in [0.2, 0.25) is 0 Å². The van der Waals surface area contributed by atoms with E-state index in [9.17, 15) is 0 Å². The normalized spacial score (nSPS) is 12.2. The lowest BCUT2D eigenvalue weighted by Crippen LogP contribution is -2.17. The fraction of sp³-hybridized carbons (Fsp3) is 0.0286. The lowest BCUT2D eigenvalue weighted by atomic mass is 9.82. The average Bonchev–Trinajstić information content (AvgIpc) is 1.57. The van der Waals surface area contributed by atoms with E-state index in [1.54, 1.807) is 0 Å². The van der Waals surface area contributed by atoms with Gasteiger partial charge in [0, 0.05) is 66.8 Å². The van der Waals surface area contributed by atoms with Gasteiger partial charge in [0.2, 0.25) is 0 Å². The maximum atomic E-state index is 6.20. The molecule has 0 radical (unpaired) electrons. The van der Waals surface area contributed by atoms with Crippen LogP contribution in [-0.4, -0.2) is 4.57 Å². The van der Waals surface area contributed by atoms with Crippen LogP contribution in [0.15, 0.2) is 411 Å². The first kappa shape index (κ1) is 64.5. The molecule has 2 aromatic heterocycles. The number of hydrogen-bond acceptors (Lipinski definition) is 3. The minimum Gasteiger partial charge on any atom is -0.456 e. The van der Waals surface area contributed by atoms with Gasteiger partial charge in [0.05, 0.1) is 11.0 Å². The Hall–Kier alpha value is -14.1. The molecule has 0 fully saturated rings. The summed E-state index contributed by atoms with van der Waals surface area (Å²) in [5, 5.41) is 4.78. The number of fused-ring (bicyclic) bond motifs is 9. The lowest BCUT2D eigenvalue weighted by Gasteiger charge is -2.28. The summed E-state index contributed by atoms with van der Waals surface area (Å²) in [6.07, 6.45) is 0. The van der Waals surface area contributed by atoms with E-state index in [1.807, 2.05) is 12.1 Å². The Morgan fingerprint density at radius 3 is 0.936 bits per heavy atom. The van der Waals surface area contributed by atoms with Gasteiger partial charge >= 0.3 is 0 Å². The number of hydrogen-bond donors (Lipinski definition) is 0. The lowest BCUT2D eigenvalue weighted by molar-refractivity contribution is 0.660. The smallest absolute Gasteiger partial charge is 0.135 e. The summed E-state index contributed by atoms with van der Waals surface area (Å²) in [4.78, 5) is 4.78. The minimum absolute atomic E-state index is 0.278. The van der Waals surface area contributed by atoms with Crippen LogP contribution in [0.4, 0.5) is 34.1 Å². The van der Waals surface area contributed by atoms with E-state index < -0.39 is 0 Å². The maximum Gasteiger partial charge on any atom is 0.135 e.